The third kappa shape index (κ3) is 5.76. The average molecular weight is 684 g/mol. The molecule has 0 N–H and O–H groups in total. The van der Waals surface area contributed by atoms with Crippen LogP contribution in [-0.2, 0) is 0 Å². The van der Waals surface area contributed by atoms with Crippen LogP contribution in [0.15, 0.2) is 176 Å². The van der Waals surface area contributed by atoms with Gasteiger partial charge in [-0.05, 0) is 78.9 Å². The van der Waals surface area contributed by atoms with Gasteiger partial charge < -0.3 is 9.47 Å². The lowest BCUT2D eigenvalue weighted by atomic mass is 10.1. The smallest absolute Gasteiger partial charge is 0.234 e. The standard InChI is InChI=1S/C46H29N5O2/c1-3-14-40-30(8-1)16-22-42(49-40)32-10-5-12-34(26-32)52-36-18-20-38-39-21-19-37(29-45(39)51(44(38)28-36)46-47-24-7-25-48-46)53-35-13-6-11-33(27-35)43-23-17-31-9-2-4-15-41(31)50-43/h1-29H. The Labute approximate surface area is 304 Å². The summed E-state index contributed by atoms with van der Waals surface area (Å²) in [5, 5.41) is 4.31. The van der Waals surface area contributed by atoms with Gasteiger partial charge in [0.2, 0.25) is 5.95 Å². The van der Waals surface area contributed by atoms with E-state index in [0.29, 0.717) is 28.9 Å². The summed E-state index contributed by atoms with van der Waals surface area (Å²) in [7, 11) is 0. The first-order valence-electron chi connectivity index (χ1n) is 17.4. The van der Waals surface area contributed by atoms with Crippen LogP contribution in [0.2, 0.25) is 0 Å². The number of fused-ring (bicyclic) bond motifs is 5. The van der Waals surface area contributed by atoms with Gasteiger partial charge in [-0.1, -0.05) is 72.8 Å². The molecule has 6 aromatic carbocycles. The van der Waals surface area contributed by atoms with Crippen molar-refractivity contribution in [3.63, 3.8) is 0 Å². The number of benzene rings is 6. The van der Waals surface area contributed by atoms with E-state index >= 15 is 0 Å². The number of nitrogens with zero attached hydrogens (tertiary/aromatic N) is 5. The van der Waals surface area contributed by atoms with Gasteiger partial charge in [0.1, 0.15) is 23.0 Å². The van der Waals surface area contributed by atoms with E-state index < -0.39 is 0 Å². The average Bonchev–Trinajstić information content (AvgIpc) is 3.53. The summed E-state index contributed by atoms with van der Waals surface area (Å²) in [6.07, 6.45) is 3.50. The van der Waals surface area contributed by atoms with Crippen LogP contribution in [0.25, 0.3) is 72.1 Å². The Bertz CT molecular complexity index is 2790. The molecule has 7 heteroatoms. The van der Waals surface area contributed by atoms with Crippen molar-refractivity contribution < 1.29 is 9.47 Å². The highest BCUT2D eigenvalue weighted by atomic mass is 16.5. The quantitative estimate of drug-likeness (QED) is 0.166. The molecule has 0 unspecified atom stereocenters. The monoisotopic (exact) mass is 683 g/mol. The van der Waals surface area contributed by atoms with Crippen molar-refractivity contribution in [1.29, 1.82) is 0 Å². The normalized spacial score (nSPS) is 11.4. The van der Waals surface area contributed by atoms with Crippen LogP contribution in [0.1, 0.15) is 0 Å². The molecule has 4 aromatic heterocycles. The lowest BCUT2D eigenvalue weighted by Gasteiger charge is -2.10. The Balaban J connectivity index is 1.00. The first-order valence-corrected chi connectivity index (χ1v) is 17.4. The predicted molar refractivity (Wildman–Crippen MR) is 211 cm³/mol. The summed E-state index contributed by atoms with van der Waals surface area (Å²) in [4.78, 5) is 19.0. The van der Waals surface area contributed by atoms with Gasteiger partial charge in [0.25, 0.3) is 0 Å². The second-order valence-corrected chi connectivity index (χ2v) is 12.8. The molecule has 0 aliphatic heterocycles. The molecule has 10 aromatic rings. The van der Waals surface area contributed by atoms with Crippen molar-refractivity contribution in [3.05, 3.63) is 176 Å². The van der Waals surface area contributed by atoms with Crippen LogP contribution in [0, 0.1) is 0 Å². The van der Waals surface area contributed by atoms with Gasteiger partial charge in [0, 0.05) is 57.2 Å². The molecule has 0 radical (unpaired) electrons. The SMILES string of the molecule is c1cnc(-n2c3cc(Oc4cccc(-c5ccc6ccccc6n5)c4)ccc3c3ccc(Oc4cccc(-c5ccc6ccccc6n5)c4)cc32)nc1. The van der Waals surface area contributed by atoms with Gasteiger partial charge in [-0.25, -0.2) is 19.9 Å². The van der Waals surface area contributed by atoms with E-state index in [2.05, 4.69) is 50.9 Å². The van der Waals surface area contributed by atoms with Crippen molar-refractivity contribution in [2.75, 3.05) is 0 Å². The number of rotatable bonds is 7. The molecular weight excluding hydrogens is 655 g/mol. The molecule has 0 aliphatic rings. The van der Waals surface area contributed by atoms with E-state index in [1.165, 1.54) is 0 Å². The van der Waals surface area contributed by atoms with Crippen molar-refractivity contribution in [1.82, 2.24) is 24.5 Å². The van der Waals surface area contributed by atoms with Crippen molar-refractivity contribution in [3.8, 4) is 51.5 Å². The summed E-state index contributed by atoms with van der Waals surface area (Å²) in [6.45, 7) is 0. The zero-order valence-electron chi connectivity index (χ0n) is 28.3. The van der Waals surface area contributed by atoms with Crippen LogP contribution in [-0.4, -0.2) is 24.5 Å². The molecule has 0 aliphatic carbocycles. The fraction of sp³-hybridized carbons (Fsp3) is 0. The van der Waals surface area contributed by atoms with Gasteiger partial charge in [0.05, 0.1) is 33.5 Å². The highest BCUT2D eigenvalue weighted by Crippen LogP contribution is 2.38. The summed E-state index contributed by atoms with van der Waals surface area (Å²) in [6, 6.07) is 54.6. The number of ether oxygens (including phenoxy) is 2. The van der Waals surface area contributed by atoms with Crippen molar-refractivity contribution >= 4 is 43.6 Å². The van der Waals surface area contributed by atoms with E-state index in [9.17, 15) is 0 Å². The minimum Gasteiger partial charge on any atom is -0.457 e. The molecule has 0 fully saturated rings. The second kappa shape index (κ2) is 12.7. The summed E-state index contributed by atoms with van der Waals surface area (Å²) in [5.74, 6) is 3.36. The van der Waals surface area contributed by atoms with E-state index in [1.807, 2.05) is 127 Å². The fourth-order valence-corrected chi connectivity index (χ4v) is 6.89. The maximum Gasteiger partial charge on any atom is 0.234 e. The van der Waals surface area contributed by atoms with Crippen molar-refractivity contribution in [2.24, 2.45) is 0 Å². The Morgan fingerprint density at radius 1 is 0.396 bits per heavy atom. The molecule has 53 heavy (non-hydrogen) atoms. The van der Waals surface area contributed by atoms with Gasteiger partial charge in [-0.15, -0.1) is 0 Å². The molecule has 0 saturated carbocycles. The maximum absolute atomic E-state index is 6.49. The maximum atomic E-state index is 6.49. The number of hydrogen-bond acceptors (Lipinski definition) is 6. The van der Waals surface area contributed by atoms with Gasteiger partial charge >= 0.3 is 0 Å². The first-order chi connectivity index (χ1) is 26.2. The highest BCUT2D eigenvalue weighted by molar-refractivity contribution is 6.09. The summed E-state index contributed by atoms with van der Waals surface area (Å²) in [5.41, 5.74) is 7.48. The molecule has 7 nitrogen and oxygen atoms in total. The summed E-state index contributed by atoms with van der Waals surface area (Å²) >= 11 is 0. The largest absolute Gasteiger partial charge is 0.457 e. The predicted octanol–water partition coefficient (Wildman–Crippen LogP) is 11.6. The minimum absolute atomic E-state index is 0.551. The topological polar surface area (TPSA) is 75.0 Å². The second-order valence-electron chi connectivity index (χ2n) is 12.8. The molecule has 0 amide bonds. The lowest BCUT2D eigenvalue weighted by molar-refractivity contribution is 0.483. The minimum atomic E-state index is 0.551. The van der Waals surface area contributed by atoms with Crippen LogP contribution in [0.5, 0.6) is 23.0 Å². The number of aromatic nitrogens is 5. The van der Waals surface area contributed by atoms with Gasteiger partial charge in [-0.2, -0.15) is 0 Å². The highest BCUT2D eigenvalue weighted by Gasteiger charge is 2.17. The van der Waals surface area contributed by atoms with E-state index in [4.69, 9.17) is 19.4 Å². The van der Waals surface area contributed by atoms with Crippen LogP contribution in [0.3, 0.4) is 0 Å². The molecule has 0 atom stereocenters. The Morgan fingerprint density at radius 3 is 1.42 bits per heavy atom. The van der Waals surface area contributed by atoms with Crippen LogP contribution < -0.4 is 9.47 Å². The van der Waals surface area contributed by atoms with Gasteiger partial charge in [0.15, 0.2) is 0 Å². The number of hydrogen-bond donors (Lipinski definition) is 0. The molecule has 250 valence electrons. The van der Waals surface area contributed by atoms with E-state index in [-0.39, 0.29) is 0 Å². The third-order valence-electron chi connectivity index (χ3n) is 9.39. The fourth-order valence-electron chi connectivity index (χ4n) is 6.89. The van der Waals surface area contributed by atoms with E-state index in [1.54, 1.807) is 12.4 Å². The van der Waals surface area contributed by atoms with E-state index in [0.717, 1.165) is 66.1 Å². The first kappa shape index (κ1) is 30.4. The zero-order valence-corrected chi connectivity index (χ0v) is 28.3. The number of pyridine rings is 2. The molecule has 4 heterocycles. The molecular formula is C46H29N5O2. The summed E-state index contributed by atoms with van der Waals surface area (Å²) < 4.78 is 15.0. The molecule has 0 saturated heterocycles. The third-order valence-corrected chi connectivity index (χ3v) is 9.39. The van der Waals surface area contributed by atoms with Crippen LogP contribution >= 0.6 is 0 Å². The Morgan fingerprint density at radius 2 is 0.887 bits per heavy atom. The van der Waals surface area contributed by atoms with Crippen molar-refractivity contribution in [2.45, 2.75) is 0 Å². The lowest BCUT2D eigenvalue weighted by Crippen LogP contribution is -2.00. The Kier molecular flexibility index (Phi) is 7.32. The van der Waals surface area contributed by atoms with Crippen LogP contribution in [0.4, 0.5) is 0 Å². The molecule has 10 rings (SSSR count). The number of para-hydroxylation sites is 2. The van der Waals surface area contributed by atoms with Gasteiger partial charge in [-0.3, -0.25) is 4.57 Å². The Hall–Kier alpha value is -7.38. The zero-order chi connectivity index (χ0) is 35.1. The molecule has 0 spiro atoms. The molecule has 0 bridgehead atoms.